The van der Waals surface area contributed by atoms with Crippen LogP contribution in [0.4, 0.5) is 0 Å². The van der Waals surface area contributed by atoms with E-state index in [0.717, 1.165) is 36.8 Å². The van der Waals surface area contributed by atoms with Gasteiger partial charge in [-0.25, -0.2) is 0 Å². The molecule has 0 spiro atoms. The number of hydrogen-bond donors (Lipinski definition) is 2. The van der Waals surface area contributed by atoms with Crippen molar-refractivity contribution in [2.45, 2.75) is 38.6 Å². The first-order valence-electron chi connectivity index (χ1n) is 9.26. The minimum Gasteiger partial charge on any atom is -0.356 e. The summed E-state index contributed by atoms with van der Waals surface area (Å²) in [5.74, 6) is 0.0587. The lowest BCUT2D eigenvalue weighted by Gasteiger charge is -2.07. The van der Waals surface area contributed by atoms with Gasteiger partial charge in [-0.15, -0.1) is 11.3 Å². The number of halogens is 1. The van der Waals surface area contributed by atoms with Crippen molar-refractivity contribution in [3.63, 3.8) is 0 Å². The number of carbonyl (C=O) groups excluding carboxylic acids is 1. The van der Waals surface area contributed by atoms with Gasteiger partial charge in [-0.05, 0) is 60.6 Å². The molecule has 28 heavy (non-hydrogen) atoms. The first-order chi connectivity index (χ1) is 13.5. The summed E-state index contributed by atoms with van der Waals surface area (Å²) >= 11 is 12.6. The van der Waals surface area contributed by atoms with Gasteiger partial charge in [-0.2, -0.15) is 0 Å². The Balaban J connectivity index is 1.35. The molecule has 5 nitrogen and oxygen atoms in total. The summed E-state index contributed by atoms with van der Waals surface area (Å²) in [4.78, 5) is 27.5. The average Bonchev–Trinajstić information content (AvgIpc) is 3.14. The Morgan fingerprint density at radius 3 is 2.75 bits per heavy atom. The van der Waals surface area contributed by atoms with Gasteiger partial charge in [0.05, 0.1) is 5.52 Å². The van der Waals surface area contributed by atoms with Crippen molar-refractivity contribution in [1.82, 2.24) is 14.9 Å². The lowest BCUT2D eigenvalue weighted by molar-refractivity contribution is -0.121. The molecule has 0 unspecified atom stereocenters. The molecule has 3 rings (SSSR count). The molecule has 0 aliphatic rings. The van der Waals surface area contributed by atoms with E-state index in [1.165, 1.54) is 11.3 Å². The second kappa shape index (κ2) is 10.0. The molecule has 0 saturated carbocycles. The molecule has 3 aromatic rings. The number of aromatic amines is 1. The minimum absolute atomic E-state index is 0.0336. The zero-order chi connectivity index (χ0) is 19.9. The Bertz CT molecular complexity index is 1050. The Kier molecular flexibility index (Phi) is 7.42. The van der Waals surface area contributed by atoms with E-state index < -0.39 is 0 Å². The summed E-state index contributed by atoms with van der Waals surface area (Å²) in [6.45, 7) is 1.19. The molecule has 1 amide bonds. The van der Waals surface area contributed by atoms with Crippen LogP contribution in [0.2, 0.25) is 5.02 Å². The highest BCUT2D eigenvalue weighted by molar-refractivity contribution is 7.71. The molecule has 2 aromatic heterocycles. The van der Waals surface area contributed by atoms with Gasteiger partial charge in [-0.3, -0.25) is 14.2 Å². The van der Waals surface area contributed by atoms with Crippen LogP contribution in [0.25, 0.3) is 10.2 Å². The predicted octanol–water partition coefficient (Wildman–Crippen LogP) is 4.69. The Morgan fingerprint density at radius 2 is 1.96 bits per heavy atom. The highest BCUT2D eigenvalue weighted by atomic mass is 35.5. The maximum atomic E-state index is 12.5. The fourth-order valence-electron chi connectivity index (χ4n) is 2.99. The summed E-state index contributed by atoms with van der Waals surface area (Å²) in [7, 11) is 0. The molecular weight excluding hydrogens is 414 g/mol. The molecule has 1 aromatic carbocycles. The first kappa shape index (κ1) is 20.8. The number of aromatic nitrogens is 2. The normalized spacial score (nSPS) is 11.0. The van der Waals surface area contributed by atoms with E-state index in [2.05, 4.69) is 10.3 Å². The van der Waals surface area contributed by atoms with Crippen molar-refractivity contribution < 1.29 is 4.79 Å². The third-order valence-electron chi connectivity index (χ3n) is 4.53. The van der Waals surface area contributed by atoms with Crippen molar-refractivity contribution in [1.29, 1.82) is 0 Å². The molecule has 0 radical (unpaired) electrons. The lowest BCUT2D eigenvalue weighted by Crippen LogP contribution is -2.25. The molecule has 0 atom stereocenters. The summed E-state index contributed by atoms with van der Waals surface area (Å²) in [5.41, 5.74) is 1.91. The maximum absolute atomic E-state index is 12.5. The average molecular weight is 436 g/mol. The zero-order valence-corrected chi connectivity index (χ0v) is 17.8. The van der Waals surface area contributed by atoms with Crippen molar-refractivity contribution >= 4 is 51.3 Å². The van der Waals surface area contributed by atoms with Crippen LogP contribution in [0, 0.1) is 4.77 Å². The highest BCUT2D eigenvalue weighted by Crippen LogP contribution is 2.14. The second-order valence-electron chi connectivity index (χ2n) is 6.59. The van der Waals surface area contributed by atoms with Crippen molar-refractivity contribution in [3.8, 4) is 0 Å². The van der Waals surface area contributed by atoms with E-state index in [1.54, 1.807) is 4.57 Å². The second-order valence-corrected chi connectivity index (χ2v) is 8.33. The van der Waals surface area contributed by atoms with E-state index in [-0.39, 0.29) is 11.5 Å². The predicted molar refractivity (Wildman–Crippen MR) is 118 cm³/mol. The number of fused-ring (bicyclic) bond motifs is 1. The van der Waals surface area contributed by atoms with E-state index in [1.807, 2.05) is 35.7 Å². The topological polar surface area (TPSA) is 66.9 Å². The van der Waals surface area contributed by atoms with Gasteiger partial charge < -0.3 is 10.3 Å². The zero-order valence-electron chi connectivity index (χ0n) is 15.4. The Labute approximate surface area is 177 Å². The van der Waals surface area contributed by atoms with Crippen LogP contribution >= 0.6 is 35.2 Å². The maximum Gasteiger partial charge on any atom is 0.272 e. The van der Waals surface area contributed by atoms with Crippen molar-refractivity contribution in [2.75, 3.05) is 6.54 Å². The highest BCUT2D eigenvalue weighted by Gasteiger charge is 2.07. The number of unbranched alkanes of at least 4 members (excludes halogenated alkanes) is 2. The van der Waals surface area contributed by atoms with Crippen molar-refractivity contribution in [3.05, 3.63) is 61.4 Å². The SMILES string of the molecule is O=C(CCCCCn1c(=S)[nH]c2ccsc2c1=O)NCCc1ccc(Cl)cc1. The molecular formula is C20H22ClN3O2S2. The van der Waals surface area contributed by atoms with Gasteiger partial charge in [0.2, 0.25) is 5.91 Å². The van der Waals surface area contributed by atoms with Gasteiger partial charge >= 0.3 is 0 Å². The minimum atomic E-state index is -0.0336. The van der Waals surface area contributed by atoms with E-state index in [0.29, 0.717) is 34.0 Å². The largest absolute Gasteiger partial charge is 0.356 e. The number of nitrogens with zero attached hydrogens (tertiary/aromatic N) is 1. The number of carbonyl (C=O) groups is 1. The van der Waals surface area contributed by atoms with Crippen LogP contribution in [0.3, 0.4) is 0 Å². The van der Waals surface area contributed by atoms with Gasteiger partial charge in [0.25, 0.3) is 5.56 Å². The number of H-pyrrole nitrogens is 1. The summed E-state index contributed by atoms with van der Waals surface area (Å²) in [6, 6.07) is 9.51. The smallest absolute Gasteiger partial charge is 0.272 e. The third-order valence-corrected chi connectivity index (χ3v) is 6.00. The molecule has 148 valence electrons. The number of amides is 1. The van der Waals surface area contributed by atoms with Gasteiger partial charge in [0.15, 0.2) is 4.77 Å². The number of thiophene rings is 1. The molecule has 8 heteroatoms. The third kappa shape index (κ3) is 5.53. The summed E-state index contributed by atoms with van der Waals surface area (Å²) in [5, 5.41) is 5.54. The summed E-state index contributed by atoms with van der Waals surface area (Å²) in [6.07, 6.45) is 3.75. The molecule has 0 bridgehead atoms. The van der Waals surface area contributed by atoms with Crippen LogP contribution in [-0.2, 0) is 17.8 Å². The van der Waals surface area contributed by atoms with Crippen LogP contribution in [0.5, 0.6) is 0 Å². The summed E-state index contributed by atoms with van der Waals surface area (Å²) < 4.78 is 2.77. The number of rotatable bonds is 9. The monoisotopic (exact) mass is 435 g/mol. The molecule has 2 N–H and O–H groups in total. The van der Waals surface area contributed by atoms with E-state index >= 15 is 0 Å². The van der Waals surface area contributed by atoms with Crippen LogP contribution in [0.1, 0.15) is 31.2 Å². The molecule has 0 fully saturated rings. The first-order valence-corrected chi connectivity index (χ1v) is 10.9. The van der Waals surface area contributed by atoms with Gasteiger partial charge in [-0.1, -0.05) is 30.2 Å². The number of benzene rings is 1. The van der Waals surface area contributed by atoms with Crippen LogP contribution in [-0.4, -0.2) is 22.0 Å². The van der Waals surface area contributed by atoms with Gasteiger partial charge in [0.1, 0.15) is 4.70 Å². The lowest BCUT2D eigenvalue weighted by atomic mass is 10.1. The quantitative estimate of drug-likeness (QED) is 0.378. The van der Waals surface area contributed by atoms with E-state index in [4.69, 9.17) is 23.8 Å². The molecule has 0 aliphatic carbocycles. The standard InChI is InChI=1S/C20H22ClN3O2S2/c21-15-7-5-14(6-8-15)9-11-22-17(25)4-2-1-3-12-24-19(26)18-16(10-13-28-18)23-20(24)27/h5-8,10,13H,1-4,9,11-12H2,(H,22,25)(H,23,27). The fourth-order valence-corrected chi connectivity index (χ4v) is 4.20. The fraction of sp³-hybridized carbons (Fsp3) is 0.350. The van der Waals surface area contributed by atoms with Crippen LogP contribution < -0.4 is 10.9 Å². The Hall–Kier alpha value is -1.96. The molecule has 2 heterocycles. The van der Waals surface area contributed by atoms with Crippen LogP contribution in [0.15, 0.2) is 40.5 Å². The number of nitrogens with one attached hydrogen (secondary N) is 2. The molecule has 0 saturated heterocycles. The number of hydrogen-bond acceptors (Lipinski definition) is 4. The van der Waals surface area contributed by atoms with E-state index in [9.17, 15) is 9.59 Å². The Morgan fingerprint density at radius 1 is 1.18 bits per heavy atom. The van der Waals surface area contributed by atoms with Gasteiger partial charge in [0, 0.05) is 24.5 Å². The molecule has 0 aliphatic heterocycles. The van der Waals surface area contributed by atoms with Crippen molar-refractivity contribution in [2.24, 2.45) is 0 Å².